The van der Waals surface area contributed by atoms with Gasteiger partial charge in [-0.15, -0.1) is 11.3 Å². The lowest BCUT2D eigenvalue weighted by Gasteiger charge is -2.11. The molecule has 0 bridgehead atoms. The van der Waals surface area contributed by atoms with E-state index in [-0.39, 0.29) is 5.95 Å². The maximum absolute atomic E-state index is 5.95. The normalized spacial score (nSPS) is 12.4. The maximum Gasteiger partial charge on any atom is 0.222 e. The number of anilines is 2. The Kier molecular flexibility index (Phi) is 3.75. The van der Waals surface area contributed by atoms with E-state index in [0.29, 0.717) is 23.3 Å². The van der Waals surface area contributed by atoms with Crippen molar-refractivity contribution in [3.63, 3.8) is 0 Å². The van der Waals surface area contributed by atoms with E-state index in [9.17, 15) is 0 Å². The number of hydrogen-bond donors (Lipinski definition) is 2. The Bertz CT molecular complexity index is 487. The molecule has 0 aliphatic rings. The van der Waals surface area contributed by atoms with Gasteiger partial charge in [-0.2, -0.15) is 4.98 Å². The van der Waals surface area contributed by atoms with Crippen LogP contribution in [0.3, 0.4) is 0 Å². The minimum Gasteiger partial charge on any atom is -0.368 e. The molecule has 3 N–H and O–H groups in total. The predicted octanol–water partition coefficient (Wildman–Crippen LogP) is 2.38. The number of hydrogen-bond acceptors (Lipinski definition) is 6. The van der Waals surface area contributed by atoms with Crippen LogP contribution >= 0.6 is 22.9 Å². The number of nitrogens with zero attached hydrogens (tertiary/aromatic N) is 3. The fraction of sp³-hybridized carbons (Fsp3) is 0.300. The minimum atomic E-state index is 0.207. The van der Waals surface area contributed by atoms with E-state index in [1.807, 2.05) is 5.38 Å². The molecule has 1 atom stereocenters. The summed E-state index contributed by atoms with van der Waals surface area (Å²) in [5.41, 5.74) is 5.50. The van der Waals surface area contributed by atoms with Crippen LogP contribution in [0, 0.1) is 0 Å². The molecule has 2 heterocycles. The Morgan fingerprint density at radius 3 is 3.06 bits per heavy atom. The van der Waals surface area contributed by atoms with Crippen molar-refractivity contribution in [2.75, 3.05) is 17.6 Å². The summed E-state index contributed by atoms with van der Waals surface area (Å²) in [7, 11) is 0. The molecule has 0 aromatic carbocycles. The molecule has 0 aliphatic heterocycles. The van der Waals surface area contributed by atoms with E-state index < -0.39 is 0 Å². The fourth-order valence-electron chi connectivity index (χ4n) is 1.32. The van der Waals surface area contributed by atoms with Crippen molar-refractivity contribution in [1.29, 1.82) is 0 Å². The van der Waals surface area contributed by atoms with E-state index in [0.717, 1.165) is 5.01 Å². The second-order valence-electron chi connectivity index (χ2n) is 3.58. The largest absolute Gasteiger partial charge is 0.368 e. The van der Waals surface area contributed by atoms with E-state index in [1.54, 1.807) is 17.5 Å². The highest BCUT2D eigenvalue weighted by Crippen LogP contribution is 2.21. The van der Waals surface area contributed by atoms with E-state index in [4.69, 9.17) is 17.3 Å². The third-order valence-electron chi connectivity index (χ3n) is 2.21. The van der Waals surface area contributed by atoms with Crippen LogP contribution < -0.4 is 11.1 Å². The van der Waals surface area contributed by atoms with Crippen molar-refractivity contribution in [3.05, 3.63) is 27.8 Å². The zero-order valence-electron chi connectivity index (χ0n) is 9.22. The summed E-state index contributed by atoms with van der Waals surface area (Å²) in [4.78, 5) is 12.1. The lowest BCUT2D eigenvalue weighted by Crippen LogP contribution is -2.12. The number of nitrogens with two attached hydrogens (primary N) is 1. The molecule has 5 nitrogen and oxygen atoms in total. The summed E-state index contributed by atoms with van der Waals surface area (Å²) in [5.74, 6) is 1.06. The van der Waals surface area contributed by atoms with Gasteiger partial charge in [0.25, 0.3) is 0 Å². The Balaban J connectivity index is 2.00. The average Bonchev–Trinajstić information content (AvgIpc) is 2.83. The van der Waals surface area contributed by atoms with Crippen molar-refractivity contribution >= 4 is 34.7 Å². The molecule has 17 heavy (non-hydrogen) atoms. The molecule has 7 heteroatoms. The molecular weight excluding hydrogens is 258 g/mol. The Morgan fingerprint density at radius 2 is 2.35 bits per heavy atom. The van der Waals surface area contributed by atoms with Crippen molar-refractivity contribution < 1.29 is 0 Å². The third kappa shape index (κ3) is 3.04. The summed E-state index contributed by atoms with van der Waals surface area (Å²) in [6.07, 6.45) is 3.28. The average molecular weight is 270 g/mol. The van der Waals surface area contributed by atoms with Gasteiger partial charge >= 0.3 is 0 Å². The smallest absolute Gasteiger partial charge is 0.222 e. The number of aromatic nitrogens is 3. The Morgan fingerprint density at radius 1 is 1.53 bits per heavy atom. The van der Waals surface area contributed by atoms with Gasteiger partial charge in [-0.05, 0) is 0 Å². The van der Waals surface area contributed by atoms with Crippen LogP contribution in [0.4, 0.5) is 11.8 Å². The monoisotopic (exact) mass is 269 g/mol. The zero-order chi connectivity index (χ0) is 12.3. The molecule has 0 radical (unpaired) electrons. The number of thiazole rings is 1. The van der Waals surface area contributed by atoms with E-state index in [1.165, 1.54) is 6.20 Å². The van der Waals surface area contributed by atoms with Crippen LogP contribution in [-0.4, -0.2) is 21.5 Å². The van der Waals surface area contributed by atoms with Crippen LogP contribution in [0.2, 0.25) is 5.02 Å². The summed E-state index contributed by atoms with van der Waals surface area (Å²) in [5, 5.41) is 6.65. The van der Waals surface area contributed by atoms with Gasteiger partial charge < -0.3 is 11.1 Å². The lowest BCUT2D eigenvalue weighted by atomic mass is 10.2. The van der Waals surface area contributed by atoms with E-state index in [2.05, 4.69) is 27.2 Å². The van der Waals surface area contributed by atoms with Crippen molar-refractivity contribution in [2.24, 2.45) is 0 Å². The second kappa shape index (κ2) is 5.29. The van der Waals surface area contributed by atoms with Crippen LogP contribution in [-0.2, 0) is 0 Å². The standard InChI is InChI=1S/C10H12ClN5S/c1-6(9-13-2-3-17-9)4-14-8-7(11)5-15-10(12)16-8/h2-3,5-6H,4H2,1H3,(H3,12,14,15,16). The first kappa shape index (κ1) is 12.1. The van der Waals surface area contributed by atoms with Gasteiger partial charge in [-0.1, -0.05) is 18.5 Å². The van der Waals surface area contributed by atoms with Crippen LogP contribution in [0.1, 0.15) is 17.8 Å². The van der Waals surface area contributed by atoms with Gasteiger partial charge in [0.2, 0.25) is 5.95 Å². The number of nitrogen functional groups attached to an aromatic ring is 1. The quantitative estimate of drug-likeness (QED) is 0.891. The van der Waals surface area contributed by atoms with Crippen LogP contribution in [0.5, 0.6) is 0 Å². The molecule has 1 unspecified atom stereocenters. The third-order valence-corrected chi connectivity index (χ3v) is 3.50. The molecule has 90 valence electrons. The molecule has 0 spiro atoms. The van der Waals surface area contributed by atoms with Crippen molar-refractivity contribution in [3.8, 4) is 0 Å². The van der Waals surface area contributed by atoms with Gasteiger partial charge in [0.05, 0.1) is 11.2 Å². The molecule has 0 aliphatic carbocycles. The molecular formula is C10H12ClN5S. The molecule has 2 rings (SSSR count). The Labute approximate surface area is 108 Å². The Hall–Kier alpha value is -1.40. The highest BCUT2D eigenvalue weighted by molar-refractivity contribution is 7.09. The van der Waals surface area contributed by atoms with Gasteiger partial charge in [-0.25, -0.2) is 9.97 Å². The second-order valence-corrected chi connectivity index (χ2v) is 4.91. The molecule has 0 amide bonds. The van der Waals surface area contributed by atoms with E-state index >= 15 is 0 Å². The minimum absolute atomic E-state index is 0.207. The summed E-state index contributed by atoms with van der Waals surface area (Å²) in [6.45, 7) is 2.79. The SMILES string of the molecule is CC(CNc1nc(N)ncc1Cl)c1nccs1. The molecule has 2 aromatic rings. The first-order valence-corrected chi connectivity index (χ1v) is 6.34. The summed E-state index contributed by atoms with van der Waals surface area (Å²) < 4.78 is 0. The van der Waals surface area contributed by atoms with Crippen LogP contribution in [0.25, 0.3) is 0 Å². The highest BCUT2D eigenvalue weighted by atomic mass is 35.5. The zero-order valence-corrected chi connectivity index (χ0v) is 10.8. The molecule has 0 saturated heterocycles. The first-order valence-electron chi connectivity index (χ1n) is 5.08. The van der Waals surface area contributed by atoms with Crippen molar-refractivity contribution in [2.45, 2.75) is 12.8 Å². The summed E-state index contributed by atoms with van der Waals surface area (Å²) >= 11 is 7.58. The predicted molar refractivity (Wildman–Crippen MR) is 70.5 cm³/mol. The lowest BCUT2D eigenvalue weighted by molar-refractivity contribution is 0.791. The topological polar surface area (TPSA) is 76.7 Å². The highest BCUT2D eigenvalue weighted by Gasteiger charge is 2.10. The van der Waals surface area contributed by atoms with Crippen molar-refractivity contribution in [1.82, 2.24) is 15.0 Å². The summed E-state index contributed by atoms with van der Waals surface area (Å²) in [6, 6.07) is 0. The molecule has 0 saturated carbocycles. The van der Waals surface area contributed by atoms with Gasteiger partial charge in [0.15, 0.2) is 5.82 Å². The van der Waals surface area contributed by atoms with Crippen LogP contribution in [0.15, 0.2) is 17.8 Å². The van der Waals surface area contributed by atoms with Gasteiger partial charge in [0.1, 0.15) is 5.02 Å². The first-order chi connectivity index (χ1) is 8.16. The maximum atomic E-state index is 5.95. The number of rotatable bonds is 4. The van der Waals surface area contributed by atoms with Gasteiger partial charge in [-0.3, -0.25) is 0 Å². The molecule has 0 fully saturated rings. The fourth-order valence-corrected chi connectivity index (χ4v) is 2.18. The van der Waals surface area contributed by atoms with Gasteiger partial charge in [0, 0.05) is 24.0 Å². The number of nitrogens with one attached hydrogen (secondary N) is 1. The molecule has 2 aromatic heterocycles. The number of halogens is 1.